The molecule has 0 aliphatic heterocycles. The maximum absolute atomic E-state index is 12.7. The number of nitrogens with zero attached hydrogens (tertiary/aromatic N) is 2. The molecule has 0 spiro atoms. The lowest BCUT2D eigenvalue weighted by atomic mass is 10.2. The molecule has 0 amide bonds. The van der Waals surface area contributed by atoms with Gasteiger partial charge in [-0.3, -0.25) is 9.07 Å². The number of halogens is 4. The zero-order valence-corrected chi connectivity index (χ0v) is 11.0. The van der Waals surface area contributed by atoms with E-state index in [0.717, 1.165) is 15.6 Å². The van der Waals surface area contributed by atoms with Crippen LogP contribution < -0.4 is 0 Å². The predicted octanol–water partition coefficient (Wildman–Crippen LogP) is 4.07. The fourth-order valence-corrected chi connectivity index (χ4v) is 2.75. The molecule has 2 aromatic rings. The Balaban J connectivity index is 2.25. The molecule has 0 radical (unpaired) electrons. The summed E-state index contributed by atoms with van der Waals surface area (Å²) in [5.41, 5.74) is -0.479. The average molecular weight is 292 g/mol. The summed E-state index contributed by atoms with van der Waals surface area (Å²) >= 11 is 1.35. The summed E-state index contributed by atoms with van der Waals surface area (Å²) in [5.74, 6) is 0. The number of rotatable bonds is 4. The largest absolute Gasteiger partial charge is 0.433 e. The van der Waals surface area contributed by atoms with Gasteiger partial charge in [0.15, 0.2) is 0 Å². The van der Waals surface area contributed by atoms with Gasteiger partial charge in [0.25, 0.3) is 0 Å². The molecule has 0 aliphatic carbocycles. The van der Waals surface area contributed by atoms with Gasteiger partial charge in [-0.15, -0.1) is 11.3 Å². The Morgan fingerprint density at radius 1 is 1.32 bits per heavy atom. The van der Waals surface area contributed by atoms with Crippen LogP contribution in [0.25, 0.3) is 10.6 Å². The van der Waals surface area contributed by atoms with Crippen LogP contribution in [0.2, 0.25) is 0 Å². The van der Waals surface area contributed by atoms with Crippen molar-refractivity contribution >= 4 is 11.3 Å². The van der Waals surface area contributed by atoms with Crippen molar-refractivity contribution in [3.8, 4) is 10.6 Å². The fraction of sp³-hybridized carbons (Fsp3) is 0.417. The SMILES string of the molecule is Cn1nc(-c2ccc(CCCF)s2)cc1C(F)(F)F. The van der Waals surface area contributed by atoms with Gasteiger partial charge in [-0.05, 0) is 31.0 Å². The standard InChI is InChI=1S/C12H12F4N2S/c1-18-11(12(14,15)16)7-9(17-18)10-5-4-8(19-10)3-2-6-13/h4-5,7H,2-3,6H2,1H3. The summed E-state index contributed by atoms with van der Waals surface area (Å²) in [7, 11) is 1.27. The number of aromatic nitrogens is 2. The van der Waals surface area contributed by atoms with E-state index in [0.29, 0.717) is 23.4 Å². The summed E-state index contributed by atoms with van der Waals surface area (Å²) in [4.78, 5) is 1.62. The van der Waals surface area contributed by atoms with Crippen LogP contribution in [0.15, 0.2) is 18.2 Å². The minimum absolute atomic E-state index is 0.298. The first-order valence-corrected chi connectivity index (χ1v) is 6.49. The molecule has 2 rings (SSSR count). The van der Waals surface area contributed by atoms with E-state index in [9.17, 15) is 17.6 Å². The Bertz CT molecular complexity index is 556. The number of aryl methyl sites for hydroxylation is 2. The third kappa shape index (κ3) is 3.15. The van der Waals surface area contributed by atoms with Crippen LogP contribution in [-0.4, -0.2) is 16.5 Å². The lowest BCUT2D eigenvalue weighted by Crippen LogP contribution is -2.11. The van der Waals surface area contributed by atoms with Gasteiger partial charge in [0.05, 0.1) is 11.6 Å². The van der Waals surface area contributed by atoms with E-state index in [1.165, 1.54) is 18.4 Å². The molecule has 104 valence electrons. The second-order valence-corrected chi connectivity index (χ2v) is 5.26. The third-order valence-electron chi connectivity index (χ3n) is 2.64. The maximum atomic E-state index is 12.7. The van der Waals surface area contributed by atoms with Gasteiger partial charge in [-0.25, -0.2) is 0 Å². The maximum Gasteiger partial charge on any atom is 0.433 e. The summed E-state index contributed by atoms with van der Waals surface area (Å²) < 4.78 is 50.8. The Hall–Kier alpha value is -1.37. The van der Waals surface area contributed by atoms with Gasteiger partial charge in [-0.1, -0.05) is 0 Å². The summed E-state index contributed by atoms with van der Waals surface area (Å²) in [6.07, 6.45) is -3.38. The van der Waals surface area contributed by atoms with E-state index in [1.807, 2.05) is 0 Å². The lowest BCUT2D eigenvalue weighted by Gasteiger charge is -2.04. The van der Waals surface area contributed by atoms with Crippen molar-refractivity contribution in [3.63, 3.8) is 0 Å². The van der Waals surface area contributed by atoms with Gasteiger partial charge in [0, 0.05) is 11.9 Å². The van der Waals surface area contributed by atoms with E-state index in [2.05, 4.69) is 5.10 Å². The van der Waals surface area contributed by atoms with Crippen LogP contribution in [0.5, 0.6) is 0 Å². The minimum atomic E-state index is -4.41. The molecule has 19 heavy (non-hydrogen) atoms. The molecular weight excluding hydrogens is 280 g/mol. The van der Waals surface area contributed by atoms with E-state index < -0.39 is 18.5 Å². The van der Waals surface area contributed by atoms with Crippen LogP contribution in [-0.2, 0) is 19.6 Å². The van der Waals surface area contributed by atoms with Crippen molar-refractivity contribution in [2.24, 2.45) is 7.05 Å². The molecule has 0 aromatic carbocycles. The van der Waals surface area contributed by atoms with Crippen molar-refractivity contribution in [1.29, 1.82) is 0 Å². The molecule has 2 heterocycles. The molecule has 2 aromatic heterocycles. The quantitative estimate of drug-likeness (QED) is 0.777. The molecular formula is C12H12F4N2S. The zero-order chi connectivity index (χ0) is 14.0. The van der Waals surface area contributed by atoms with Gasteiger partial charge in [-0.2, -0.15) is 18.3 Å². The van der Waals surface area contributed by atoms with Gasteiger partial charge < -0.3 is 0 Å². The number of alkyl halides is 4. The molecule has 0 saturated heterocycles. The summed E-state index contributed by atoms with van der Waals surface area (Å²) in [5, 5.41) is 3.87. The molecule has 0 unspecified atom stereocenters. The number of hydrogen-bond acceptors (Lipinski definition) is 2. The Labute approximate surface area is 111 Å². The van der Waals surface area contributed by atoms with Gasteiger partial charge in [0.2, 0.25) is 0 Å². The van der Waals surface area contributed by atoms with Crippen molar-refractivity contribution in [1.82, 2.24) is 9.78 Å². The first kappa shape index (κ1) is 14.0. The van der Waals surface area contributed by atoms with Crippen LogP contribution in [0.3, 0.4) is 0 Å². The first-order chi connectivity index (χ1) is 8.91. The molecule has 0 N–H and O–H groups in total. The molecule has 0 aliphatic rings. The summed E-state index contributed by atoms with van der Waals surface area (Å²) in [6.45, 7) is -0.394. The molecule has 0 atom stereocenters. The fourth-order valence-electron chi connectivity index (χ4n) is 1.74. The molecule has 0 fully saturated rings. The highest BCUT2D eigenvalue weighted by Gasteiger charge is 2.35. The van der Waals surface area contributed by atoms with Gasteiger partial charge in [0.1, 0.15) is 11.4 Å². The Morgan fingerprint density at radius 2 is 2.05 bits per heavy atom. The van der Waals surface area contributed by atoms with Crippen LogP contribution >= 0.6 is 11.3 Å². The highest BCUT2D eigenvalue weighted by Crippen LogP contribution is 2.34. The van der Waals surface area contributed by atoms with E-state index in [1.54, 1.807) is 12.1 Å². The van der Waals surface area contributed by atoms with Crippen molar-refractivity contribution < 1.29 is 17.6 Å². The highest BCUT2D eigenvalue weighted by atomic mass is 32.1. The topological polar surface area (TPSA) is 17.8 Å². The normalized spacial score (nSPS) is 12.1. The van der Waals surface area contributed by atoms with E-state index in [-0.39, 0.29) is 0 Å². The lowest BCUT2D eigenvalue weighted by molar-refractivity contribution is -0.143. The highest BCUT2D eigenvalue weighted by molar-refractivity contribution is 7.15. The van der Waals surface area contributed by atoms with Crippen LogP contribution in [0.4, 0.5) is 17.6 Å². The minimum Gasteiger partial charge on any atom is -0.263 e. The average Bonchev–Trinajstić information content (AvgIpc) is 2.91. The first-order valence-electron chi connectivity index (χ1n) is 5.68. The van der Waals surface area contributed by atoms with E-state index in [4.69, 9.17) is 0 Å². The zero-order valence-electron chi connectivity index (χ0n) is 10.2. The number of hydrogen-bond donors (Lipinski definition) is 0. The molecule has 2 nitrogen and oxygen atoms in total. The Morgan fingerprint density at radius 3 is 2.63 bits per heavy atom. The molecule has 7 heteroatoms. The van der Waals surface area contributed by atoms with Gasteiger partial charge >= 0.3 is 6.18 Å². The van der Waals surface area contributed by atoms with Crippen LogP contribution in [0.1, 0.15) is 17.0 Å². The summed E-state index contributed by atoms with van der Waals surface area (Å²) in [6, 6.07) is 4.56. The van der Waals surface area contributed by atoms with Crippen LogP contribution in [0, 0.1) is 0 Å². The second-order valence-electron chi connectivity index (χ2n) is 4.09. The second kappa shape index (κ2) is 5.32. The molecule has 0 saturated carbocycles. The third-order valence-corrected chi connectivity index (χ3v) is 3.81. The van der Waals surface area contributed by atoms with Crippen molar-refractivity contribution in [3.05, 3.63) is 28.8 Å². The molecule has 0 bridgehead atoms. The smallest absolute Gasteiger partial charge is 0.263 e. The van der Waals surface area contributed by atoms with Crippen molar-refractivity contribution in [2.75, 3.05) is 6.67 Å². The monoisotopic (exact) mass is 292 g/mol. The van der Waals surface area contributed by atoms with Crippen molar-refractivity contribution in [2.45, 2.75) is 19.0 Å². The number of thiophene rings is 1. The van der Waals surface area contributed by atoms with E-state index >= 15 is 0 Å². The predicted molar refractivity (Wildman–Crippen MR) is 65.8 cm³/mol. The Kier molecular flexibility index (Phi) is 3.93.